The maximum Gasteiger partial charge on any atom is 0.309 e. The smallest absolute Gasteiger partial charge is 0.309 e. The predicted octanol–water partition coefficient (Wildman–Crippen LogP) is 2.45. The van der Waals surface area contributed by atoms with E-state index in [0.29, 0.717) is 24.5 Å². The molecule has 0 amide bonds. The van der Waals surface area contributed by atoms with Gasteiger partial charge in [0, 0.05) is 25.5 Å². The highest BCUT2D eigenvalue weighted by atomic mass is 32.2. The first-order valence-electron chi connectivity index (χ1n) is 8.90. The van der Waals surface area contributed by atoms with Crippen molar-refractivity contribution in [3.05, 3.63) is 43.0 Å². The molecule has 26 heavy (non-hydrogen) atoms. The molecule has 7 nitrogen and oxygen atoms in total. The third-order valence-electron chi connectivity index (χ3n) is 3.67. The van der Waals surface area contributed by atoms with Crippen LogP contribution in [-0.4, -0.2) is 43.4 Å². The van der Waals surface area contributed by atoms with Gasteiger partial charge < -0.3 is 18.8 Å². The van der Waals surface area contributed by atoms with Gasteiger partial charge in [-0.3, -0.25) is 0 Å². The van der Waals surface area contributed by atoms with Crippen LogP contribution in [0.4, 0.5) is 0 Å². The number of hydrogen-bond donors (Lipinski definition) is 1. The van der Waals surface area contributed by atoms with E-state index in [4.69, 9.17) is 8.92 Å². The van der Waals surface area contributed by atoms with Crippen molar-refractivity contribution in [3.63, 3.8) is 0 Å². The predicted molar refractivity (Wildman–Crippen MR) is 101 cm³/mol. The van der Waals surface area contributed by atoms with Gasteiger partial charge in [0.1, 0.15) is 18.1 Å². The minimum atomic E-state index is -3.51. The highest BCUT2D eigenvalue weighted by Gasteiger charge is 2.11. The standard InChI is InChI=1S/C18H27N3O4S/c1-2-3-15-26(22,23)25-18-7-5-17(6-8-18)24-14-11-19-9-4-12-21-13-10-20-16-21/h5-8,10,13,16,19H,2-4,9,11-12,14-15H2,1H3. The second kappa shape index (κ2) is 10.8. The number of aryl methyl sites for hydroxylation is 1. The normalized spacial score (nSPS) is 11.4. The van der Waals surface area contributed by atoms with Crippen LogP contribution in [0.1, 0.15) is 26.2 Å². The van der Waals surface area contributed by atoms with Crippen molar-refractivity contribution in [2.24, 2.45) is 0 Å². The zero-order valence-corrected chi connectivity index (χ0v) is 16.0. The molecule has 0 bridgehead atoms. The fraction of sp³-hybridized carbons (Fsp3) is 0.500. The fourth-order valence-corrected chi connectivity index (χ4v) is 3.40. The van der Waals surface area contributed by atoms with E-state index in [-0.39, 0.29) is 5.75 Å². The van der Waals surface area contributed by atoms with E-state index in [9.17, 15) is 8.42 Å². The van der Waals surface area contributed by atoms with Crippen LogP contribution in [0.25, 0.3) is 0 Å². The lowest BCUT2D eigenvalue weighted by Gasteiger charge is -2.09. The zero-order valence-electron chi connectivity index (χ0n) is 15.1. The van der Waals surface area contributed by atoms with Crippen LogP contribution in [0.3, 0.4) is 0 Å². The third-order valence-corrected chi connectivity index (χ3v) is 4.91. The molecule has 0 spiro atoms. The van der Waals surface area contributed by atoms with Crippen molar-refractivity contribution >= 4 is 10.1 Å². The van der Waals surface area contributed by atoms with Gasteiger partial charge in [0.15, 0.2) is 0 Å². The molecular formula is C18H27N3O4S. The molecule has 2 rings (SSSR count). The Morgan fingerprint density at radius 3 is 2.58 bits per heavy atom. The number of ether oxygens (including phenoxy) is 1. The number of nitrogens with one attached hydrogen (secondary N) is 1. The van der Waals surface area contributed by atoms with Crippen LogP contribution in [0.5, 0.6) is 11.5 Å². The molecule has 0 saturated heterocycles. The molecule has 1 N–H and O–H groups in total. The first-order valence-corrected chi connectivity index (χ1v) is 10.5. The lowest BCUT2D eigenvalue weighted by molar-refractivity contribution is 0.313. The molecule has 0 aliphatic heterocycles. The number of nitrogens with zero attached hydrogens (tertiary/aromatic N) is 2. The molecule has 0 radical (unpaired) electrons. The van der Waals surface area contributed by atoms with Gasteiger partial charge in [-0.2, -0.15) is 8.42 Å². The SMILES string of the molecule is CCCCS(=O)(=O)Oc1ccc(OCCNCCCn2ccnc2)cc1. The van der Waals surface area contributed by atoms with Crippen molar-refractivity contribution in [1.29, 1.82) is 0 Å². The number of rotatable bonds is 13. The van der Waals surface area contributed by atoms with Gasteiger partial charge >= 0.3 is 10.1 Å². The molecule has 0 atom stereocenters. The summed E-state index contributed by atoms with van der Waals surface area (Å²) >= 11 is 0. The van der Waals surface area contributed by atoms with Gasteiger partial charge in [-0.05, 0) is 43.7 Å². The summed E-state index contributed by atoms with van der Waals surface area (Å²) in [5, 5.41) is 3.32. The molecule has 0 aliphatic carbocycles. The number of unbranched alkanes of at least 4 members (excludes halogenated alkanes) is 1. The van der Waals surface area contributed by atoms with Crippen molar-refractivity contribution in [1.82, 2.24) is 14.9 Å². The van der Waals surface area contributed by atoms with Gasteiger partial charge in [0.25, 0.3) is 0 Å². The van der Waals surface area contributed by atoms with Crippen LogP contribution in [-0.2, 0) is 16.7 Å². The molecule has 1 aromatic carbocycles. The van der Waals surface area contributed by atoms with Crippen molar-refractivity contribution in [2.45, 2.75) is 32.7 Å². The van der Waals surface area contributed by atoms with Crippen LogP contribution < -0.4 is 14.2 Å². The Labute approximate surface area is 155 Å². The quantitative estimate of drug-likeness (QED) is 0.424. The summed E-state index contributed by atoms with van der Waals surface area (Å²) in [7, 11) is -3.51. The average molecular weight is 381 g/mol. The van der Waals surface area contributed by atoms with Gasteiger partial charge in [-0.25, -0.2) is 4.98 Å². The average Bonchev–Trinajstić information content (AvgIpc) is 3.14. The maximum atomic E-state index is 11.7. The Hall–Kier alpha value is -2.06. The van der Waals surface area contributed by atoms with E-state index in [1.807, 2.05) is 24.0 Å². The maximum absolute atomic E-state index is 11.7. The van der Waals surface area contributed by atoms with Crippen molar-refractivity contribution < 1.29 is 17.3 Å². The van der Waals surface area contributed by atoms with E-state index >= 15 is 0 Å². The summed E-state index contributed by atoms with van der Waals surface area (Å²) < 4.78 is 36.2. The summed E-state index contributed by atoms with van der Waals surface area (Å²) in [4.78, 5) is 4.00. The Balaban J connectivity index is 1.60. The topological polar surface area (TPSA) is 82.5 Å². The van der Waals surface area contributed by atoms with E-state index in [0.717, 1.165) is 32.5 Å². The minimum absolute atomic E-state index is 0.0360. The van der Waals surface area contributed by atoms with E-state index in [1.54, 1.807) is 30.5 Å². The Morgan fingerprint density at radius 2 is 1.88 bits per heavy atom. The van der Waals surface area contributed by atoms with Gasteiger partial charge in [0.2, 0.25) is 0 Å². The number of aromatic nitrogens is 2. The van der Waals surface area contributed by atoms with Gasteiger partial charge in [-0.15, -0.1) is 0 Å². The van der Waals surface area contributed by atoms with Gasteiger partial charge in [-0.1, -0.05) is 13.3 Å². The van der Waals surface area contributed by atoms with E-state index in [1.165, 1.54) is 0 Å². The lowest BCUT2D eigenvalue weighted by atomic mass is 10.3. The van der Waals surface area contributed by atoms with Crippen molar-refractivity contribution in [2.75, 3.05) is 25.4 Å². The molecule has 1 heterocycles. The molecular weight excluding hydrogens is 354 g/mol. The number of imidazole rings is 1. The first kappa shape index (κ1) is 20.3. The van der Waals surface area contributed by atoms with E-state index < -0.39 is 10.1 Å². The molecule has 2 aromatic rings. The minimum Gasteiger partial charge on any atom is -0.492 e. The number of benzene rings is 1. The summed E-state index contributed by atoms with van der Waals surface area (Å²) in [6.07, 6.45) is 7.97. The Bertz CT molecular complexity index is 715. The summed E-state index contributed by atoms with van der Waals surface area (Å²) in [6, 6.07) is 6.64. The van der Waals surface area contributed by atoms with Crippen LogP contribution >= 0.6 is 0 Å². The van der Waals surface area contributed by atoms with Crippen LogP contribution in [0.15, 0.2) is 43.0 Å². The molecule has 1 aromatic heterocycles. The molecule has 8 heteroatoms. The van der Waals surface area contributed by atoms with Crippen LogP contribution in [0, 0.1) is 0 Å². The summed E-state index contributed by atoms with van der Waals surface area (Å²) in [5.74, 6) is 1.03. The molecule has 144 valence electrons. The first-order chi connectivity index (χ1) is 12.6. The highest BCUT2D eigenvalue weighted by Crippen LogP contribution is 2.19. The highest BCUT2D eigenvalue weighted by molar-refractivity contribution is 7.87. The second-order valence-corrected chi connectivity index (χ2v) is 7.61. The Kier molecular flexibility index (Phi) is 8.43. The Morgan fingerprint density at radius 1 is 1.12 bits per heavy atom. The molecule has 0 fully saturated rings. The van der Waals surface area contributed by atoms with Crippen molar-refractivity contribution in [3.8, 4) is 11.5 Å². The molecule has 0 aliphatic rings. The molecule has 0 saturated carbocycles. The summed E-state index contributed by atoms with van der Waals surface area (Å²) in [6.45, 7) is 5.07. The fourth-order valence-electron chi connectivity index (χ4n) is 2.27. The zero-order chi connectivity index (χ0) is 18.7. The number of hydrogen-bond acceptors (Lipinski definition) is 6. The lowest BCUT2D eigenvalue weighted by Crippen LogP contribution is -2.22. The second-order valence-electron chi connectivity index (χ2n) is 5.92. The summed E-state index contributed by atoms with van der Waals surface area (Å²) in [5.41, 5.74) is 0. The van der Waals surface area contributed by atoms with E-state index in [2.05, 4.69) is 10.3 Å². The monoisotopic (exact) mass is 381 g/mol. The van der Waals surface area contributed by atoms with Crippen LogP contribution in [0.2, 0.25) is 0 Å². The molecule has 0 unspecified atom stereocenters. The largest absolute Gasteiger partial charge is 0.492 e. The third kappa shape index (κ3) is 7.88. The van der Waals surface area contributed by atoms with Gasteiger partial charge in [0.05, 0.1) is 12.1 Å².